The Hall–Kier alpha value is -6.74. The van der Waals surface area contributed by atoms with Gasteiger partial charge in [-0.1, -0.05) is 62.4 Å². The van der Waals surface area contributed by atoms with E-state index < -0.39 is 40.1 Å². The molecule has 0 bridgehead atoms. The van der Waals surface area contributed by atoms with Crippen LogP contribution < -0.4 is 10.6 Å². The van der Waals surface area contributed by atoms with Crippen LogP contribution in [0, 0.1) is 28.6 Å². The molecule has 3 aliphatic rings. The third kappa shape index (κ3) is 9.70. The molecule has 2 saturated heterocycles. The number of aromatic amines is 2. The average molecular weight is 904 g/mol. The lowest BCUT2D eigenvalue weighted by Crippen LogP contribution is -2.51. The number of alkyl carbamates (subject to hydrolysis) is 2. The van der Waals surface area contributed by atoms with E-state index in [1.807, 2.05) is 32.0 Å². The maximum Gasteiger partial charge on any atom is 0.407 e. The highest BCUT2D eigenvalue weighted by molar-refractivity contribution is 7.90. The number of likely N-dealkylation sites (tertiary alicyclic amines) is 2. The van der Waals surface area contributed by atoms with Crippen molar-refractivity contribution in [3.8, 4) is 39.7 Å². The number of H-pyrrole nitrogens is 2. The lowest BCUT2D eigenvalue weighted by atomic mass is 9.98. The Morgan fingerprint density at radius 2 is 1.38 bits per heavy atom. The molecule has 1 aliphatic carbocycles. The highest BCUT2D eigenvalue weighted by Gasteiger charge is 2.55. The first-order valence-corrected chi connectivity index (χ1v) is 23.8. The molecule has 17 nitrogen and oxygen atoms in total. The van der Waals surface area contributed by atoms with Crippen LogP contribution in [0.15, 0.2) is 73.1 Å². The number of hydrogen-bond acceptors (Lipinski definition) is 11. The van der Waals surface area contributed by atoms with Crippen LogP contribution in [-0.4, -0.2) is 114 Å². The second-order valence-corrected chi connectivity index (χ2v) is 20.2. The van der Waals surface area contributed by atoms with Gasteiger partial charge in [0.05, 0.1) is 67.8 Å². The first-order valence-electron chi connectivity index (χ1n) is 21.7. The third-order valence-corrected chi connectivity index (χ3v) is 13.9. The monoisotopic (exact) mass is 903 g/mol. The summed E-state index contributed by atoms with van der Waals surface area (Å²) < 4.78 is 33.5. The number of fused-ring (bicyclic) bond motifs is 1. The van der Waals surface area contributed by atoms with Crippen LogP contribution in [0.2, 0.25) is 0 Å². The number of nitrogens with one attached hydrogen (secondary N) is 4. The van der Waals surface area contributed by atoms with Gasteiger partial charge >= 0.3 is 12.2 Å². The van der Waals surface area contributed by atoms with E-state index in [1.54, 1.807) is 22.2 Å². The topological polar surface area (TPSA) is 233 Å². The fraction of sp³-hybridized carbons (Fsp3) is 0.426. The van der Waals surface area contributed by atoms with Crippen molar-refractivity contribution in [3.63, 3.8) is 0 Å². The number of hydrogen-bond donors (Lipinski definition) is 4. The summed E-state index contributed by atoms with van der Waals surface area (Å²) in [6.45, 7) is 4.42. The number of carbonyl (C=O) groups is 4. The van der Waals surface area contributed by atoms with Crippen LogP contribution in [0.1, 0.15) is 69.7 Å². The molecule has 5 atom stereocenters. The Labute approximate surface area is 377 Å². The van der Waals surface area contributed by atoms with Gasteiger partial charge in [-0.25, -0.2) is 28.0 Å². The van der Waals surface area contributed by atoms with Gasteiger partial charge in [-0.05, 0) is 83.0 Å². The Balaban J connectivity index is 0.960. The summed E-state index contributed by atoms with van der Waals surface area (Å²) in [6, 6.07) is 20.2. The summed E-state index contributed by atoms with van der Waals surface area (Å²) in [4.78, 5) is 71.6. The maximum absolute atomic E-state index is 14.0. The van der Waals surface area contributed by atoms with Crippen LogP contribution in [0.4, 0.5) is 9.59 Å². The summed E-state index contributed by atoms with van der Waals surface area (Å²) in [5.74, 6) is -0.295. The lowest BCUT2D eigenvalue weighted by Gasteiger charge is -2.29. The molecule has 8 rings (SSSR count). The molecule has 3 aromatic carbocycles. The Bertz CT molecular complexity index is 2770. The molecule has 0 radical (unpaired) electrons. The first-order chi connectivity index (χ1) is 31.1. The van der Waals surface area contributed by atoms with Gasteiger partial charge < -0.3 is 39.9 Å². The van der Waals surface area contributed by atoms with Crippen molar-refractivity contribution in [2.24, 2.45) is 17.3 Å². The van der Waals surface area contributed by atoms with Crippen molar-refractivity contribution in [2.45, 2.75) is 70.1 Å². The van der Waals surface area contributed by atoms with E-state index in [0.29, 0.717) is 24.6 Å². The molecular weight excluding hydrogens is 851 g/mol. The van der Waals surface area contributed by atoms with Crippen molar-refractivity contribution in [3.05, 3.63) is 84.7 Å². The SMILES string of the molecule is COC(=O)NC(CCS(C)(=O)=O)C(=O)N1CC2(CC2)CC1c1ncc(-c2ccc(-c3ccc4cc(-c5cnc(C6CC(C#N)CN6C(=O)C(NC(=O)OC)C(C)C)[nH]5)ccc4c3)cc2)[nH]1. The van der Waals surface area contributed by atoms with E-state index in [-0.39, 0.29) is 53.8 Å². The molecule has 65 heavy (non-hydrogen) atoms. The molecule has 3 fully saturated rings. The number of sulfone groups is 1. The molecule has 4 heterocycles. The summed E-state index contributed by atoms with van der Waals surface area (Å²) >= 11 is 0. The van der Waals surface area contributed by atoms with Crippen molar-refractivity contribution in [1.29, 1.82) is 5.26 Å². The van der Waals surface area contributed by atoms with E-state index in [0.717, 1.165) is 69.9 Å². The fourth-order valence-corrected chi connectivity index (χ4v) is 9.78. The van der Waals surface area contributed by atoms with Gasteiger partial charge in [0.25, 0.3) is 0 Å². The molecule has 4 N–H and O–H groups in total. The molecule has 5 unspecified atom stereocenters. The van der Waals surface area contributed by atoms with E-state index in [9.17, 15) is 32.9 Å². The van der Waals surface area contributed by atoms with Crippen LogP contribution in [-0.2, 0) is 28.9 Å². The van der Waals surface area contributed by atoms with Crippen LogP contribution >= 0.6 is 0 Å². The highest BCUT2D eigenvalue weighted by Crippen LogP contribution is 2.58. The van der Waals surface area contributed by atoms with Gasteiger partial charge in [0, 0.05) is 24.9 Å². The zero-order valence-corrected chi connectivity index (χ0v) is 37.8. The van der Waals surface area contributed by atoms with E-state index in [2.05, 4.69) is 74.1 Å². The Kier molecular flexibility index (Phi) is 12.4. The van der Waals surface area contributed by atoms with E-state index in [1.165, 1.54) is 14.2 Å². The standard InChI is InChI=1S/C47H53N9O8S/c1-27(2)40(54-46(60)64-4)44(58)55-25-28(22-48)18-38(55)41-49-24-37(52-41)34-13-12-32-19-31(10-11-33(32)20-34)29-6-8-30(9-7-29)36-23-50-42(51-36)39-21-47(15-16-47)26-56(39)43(57)35(53-45(59)63-3)14-17-65(5,61)62/h6-13,19-20,23-24,27-28,35,38-40H,14-18,21,25-26H2,1-5H3,(H,49,52)(H,50,51)(H,53,59)(H,54,60). The van der Waals surface area contributed by atoms with Crippen molar-refractivity contribution >= 4 is 44.6 Å². The number of rotatable bonds is 13. The minimum absolute atomic E-state index is 0.0131. The molecular formula is C47H53N9O8S. The number of benzene rings is 3. The van der Waals surface area contributed by atoms with Crippen LogP contribution in [0.3, 0.4) is 0 Å². The average Bonchev–Trinajstić information content (AvgIpc) is 3.80. The molecule has 2 aliphatic heterocycles. The van der Waals surface area contributed by atoms with Crippen molar-refractivity contribution in [1.82, 2.24) is 40.4 Å². The molecule has 5 aromatic rings. The van der Waals surface area contributed by atoms with Crippen LogP contribution in [0.25, 0.3) is 44.4 Å². The quantitative estimate of drug-likeness (QED) is 0.102. The van der Waals surface area contributed by atoms with E-state index >= 15 is 0 Å². The maximum atomic E-state index is 14.0. The second-order valence-electron chi connectivity index (χ2n) is 17.9. The van der Waals surface area contributed by atoms with Gasteiger partial charge in [0.1, 0.15) is 33.6 Å². The van der Waals surface area contributed by atoms with Gasteiger partial charge in [0.15, 0.2) is 0 Å². The second kappa shape index (κ2) is 18.0. The molecule has 2 aromatic heterocycles. The van der Waals surface area contributed by atoms with Crippen molar-refractivity contribution < 1.29 is 37.1 Å². The number of carbonyl (C=O) groups excluding carboxylic acids is 4. The number of nitrogens with zero attached hydrogens (tertiary/aromatic N) is 5. The minimum Gasteiger partial charge on any atom is -0.453 e. The molecule has 18 heteroatoms. The number of aromatic nitrogens is 4. The fourth-order valence-electron chi connectivity index (χ4n) is 9.11. The van der Waals surface area contributed by atoms with Gasteiger partial charge in [-0.2, -0.15) is 5.26 Å². The minimum atomic E-state index is -3.39. The Morgan fingerprint density at radius 1 is 0.815 bits per heavy atom. The highest BCUT2D eigenvalue weighted by atomic mass is 32.2. The summed E-state index contributed by atoms with van der Waals surface area (Å²) in [5.41, 5.74) is 5.43. The zero-order valence-electron chi connectivity index (χ0n) is 37.0. The molecule has 4 amide bonds. The molecule has 1 saturated carbocycles. The summed E-state index contributed by atoms with van der Waals surface area (Å²) in [7, 11) is -0.939. The molecule has 1 spiro atoms. The predicted octanol–water partition coefficient (Wildman–Crippen LogP) is 6.29. The largest absolute Gasteiger partial charge is 0.453 e. The summed E-state index contributed by atoms with van der Waals surface area (Å²) in [6.07, 6.45) is 6.14. The predicted molar refractivity (Wildman–Crippen MR) is 241 cm³/mol. The van der Waals surface area contributed by atoms with E-state index in [4.69, 9.17) is 14.5 Å². The van der Waals surface area contributed by atoms with Gasteiger partial charge in [0.2, 0.25) is 11.8 Å². The zero-order chi connectivity index (χ0) is 46.2. The third-order valence-electron chi connectivity index (χ3n) is 13.0. The van der Waals surface area contributed by atoms with Gasteiger partial charge in [-0.3, -0.25) is 9.59 Å². The number of amides is 4. The number of ether oxygens (including phenoxy) is 2. The first kappa shape index (κ1) is 44.9. The Morgan fingerprint density at radius 3 is 1.98 bits per heavy atom. The van der Waals surface area contributed by atoms with Crippen molar-refractivity contribution in [2.75, 3.05) is 39.3 Å². The van der Waals surface area contributed by atoms with Gasteiger partial charge in [-0.15, -0.1) is 0 Å². The number of imidazole rings is 2. The van der Waals surface area contributed by atoms with Crippen LogP contribution in [0.5, 0.6) is 0 Å². The smallest absolute Gasteiger partial charge is 0.407 e. The normalized spacial score (nSPS) is 19.8. The molecule has 340 valence electrons. The number of methoxy groups -OCH3 is 2. The summed E-state index contributed by atoms with van der Waals surface area (Å²) in [5, 5.41) is 17.0. The lowest BCUT2D eigenvalue weighted by molar-refractivity contribution is -0.136. The number of nitriles is 1.